The average molecular weight is 419 g/mol. The first-order valence-corrected chi connectivity index (χ1v) is 10.5. The van der Waals surface area contributed by atoms with Crippen molar-refractivity contribution in [3.8, 4) is 0 Å². The Morgan fingerprint density at radius 2 is 1.83 bits per heavy atom. The average Bonchev–Trinajstić information content (AvgIpc) is 3.16. The molecule has 0 saturated heterocycles. The van der Waals surface area contributed by atoms with Crippen LogP contribution in [0.15, 0.2) is 28.8 Å². The maximum absolute atomic E-state index is 13.3. The summed E-state index contributed by atoms with van der Waals surface area (Å²) >= 11 is 0. The first-order valence-electron chi connectivity index (χ1n) is 10.5. The van der Waals surface area contributed by atoms with E-state index in [-0.39, 0.29) is 12.0 Å². The fourth-order valence-electron chi connectivity index (χ4n) is 3.84. The molecule has 1 saturated carbocycles. The quantitative estimate of drug-likeness (QED) is 0.661. The highest BCUT2D eigenvalue weighted by Gasteiger charge is 2.24. The molecule has 3 rings (SSSR count). The lowest BCUT2D eigenvalue weighted by atomic mass is 9.87. The van der Waals surface area contributed by atoms with Crippen molar-refractivity contribution in [2.75, 3.05) is 5.32 Å². The van der Waals surface area contributed by atoms with Crippen LogP contribution in [0.4, 0.5) is 14.6 Å². The Bertz CT molecular complexity index is 858. The van der Waals surface area contributed by atoms with Gasteiger partial charge >= 0.3 is 0 Å². The lowest BCUT2D eigenvalue weighted by Crippen LogP contribution is -2.44. The maximum Gasteiger partial charge on any atom is 0.248 e. The third kappa shape index (κ3) is 6.11. The van der Waals surface area contributed by atoms with Crippen molar-refractivity contribution in [1.29, 1.82) is 0 Å². The number of nitrogens with zero attached hydrogens (tertiary/aromatic N) is 1. The molecular weight excluding hydrogens is 392 g/mol. The summed E-state index contributed by atoms with van der Waals surface area (Å²) in [6.45, 7) is 1.89. The molecule has 6 nitrogen and oxygen atoms in total. The van der Waals surface area contributed by atoms with Gasteiger partial charge in [-0.2, -0.15) is 0 Å². The third-order valence-electron chi connectivity index (χ3n) is 5.30. The van der Waals surface area contributed by atoms with E-state index in [1.165, 1.54) is 6.42 Å². The molecule has 2 amide bonds. The van der Waals surface area contributed by atoms with E-state index < -0.39 is 29.5 Å². The molecule has 30 heavy (non-hydrogen) atoms. The van der Waals surface area contributed by atoms with Crippen molar-refractivity contribution in [2.45, 2.75) is 70.3 Å². The maximum atomic E-state index is 13.3. The molecule has 1 aromatic carbocycles. The Kier molecular flexibility index (Phi) is 7.54. The molecule has 0 bridgehead atoms. The second-order valence-corrected chi connectivity index (χ2v) is 7.80. The van der Waals surface area contributed by atoms with E-state index in [1.54, 1.807) is 6.07 Å². The summed E-state index contributed by atoms with van der Waals surface area (Å²) in [5.41, 5.74) is 0.203. The normalized spacial score (nSPS) is 15.6. The number of carbonyl (C=O) groups is 2. The number of anilines is 1. The molecule has 162 valence electrons. The van der Waals surface area contributed by atoms with Gasteiger partial charge in [0.15, 0.2) is 5.82 Å². The molecule has 1 unspecified atom stereocenters. The molecule has 1 atom stereocenters. The first kappa shape index (κ1) is 21.9. The molecule has 1 fully saturated rings. The lowest BCUT2D eigenvalue weighted by molar-refractivity contribution is -0.126. The molecule has 1 aliphatic carbocycles. The third-order valence-corrected chi connectivity index (χ3v) is 5.30. The largest absolute Gasteiger partial charge is 0.359 e. The van der Waals surface area contributed by atoms with E-state index >= 15 is 0 Å². The van der Waals surface area contributed by atoms with Crippen LogP contribution in [0.5, 0.6) is 0 Å². The summed E-state index contributed by atoms with van der Waals surface area (Å²) in [5, 5.41) is 9.27. The van der Waals surface area contributed by atoms with E-state index in [2.05, 4.69) is 15.8 Å². The summed E-state index contributed by atoms with van der Waals surface area (Å²) in [6, 6.07) is 3.90. The monoisotopic (exact) mass is 419 g/mol. The zero-order chi connectivity index (χ0) is 21.5. The van der Waals surface area contributed by atoms with Crippen molar-refractivity contribution in [3.63, 3.8) is 0 Å². The molecular formula is C22H27F2N3O3. The minimum atomic E-state index is -0.782. The molecule has 0 aliphatic heterocycles. The van der Waals surface area contributed by atoms with Crippen LogP contribution >= 0.6 is 0 Å². The molecule has 2 aromatic rings. The topological polar surface area (TPSA) is 84.2 Å². The van der Waals surface area contributed by atoms with Crippen molar-refractivity contribution in [1.82, 2.24) is 10.5 Å². The minimum Gasteiger partial charge on any atom is -0.359 e. The van der Waals surface area contributed by atoms with Crippen LogP contribution in [-0.2, 0) is 16.0 Å². The fraction of sp³-hybridized carbons (Fsp3) is 0.500. The first-order chi connectivity index (χ1) is 14.4. The zero-order valence-electron chi connectivity index (χ0n) is 17.0. The highest BCUT2D eigenvalue weighted by Crippen LogP contribution is 2.33. The number of benzene rings is 1. The number of hydrogen-bond acceptors (Lipinski definition) is 4. The van der Waals surface area contributed by atoms with Crippen molar-refractivity contribution in [3.05, 3.63) is 47.2 Å². The van der Waals surface area contributed by atoms with Gasteiger partial charge in [0.1, 0.15) is 23.4 Å². The van der Waals surface area contributed by atoms with Crippen LogP contribution < -0.4 is 10.6 Å². The Morgan fingerprint density at radius 3 is 2.50 bits per heavy atom. The van der Waals surface area contributed by atoms with Gasteiger partial charge in [-0.15, -0.1) is 0 Å². The van der Waals surface area contributed by atoms with Crippen LogP contribution in [0.3, 0.4) is 0 Å². The van der Waals surface area contributed by atoms with Crippen LogP contribution in [-0.4, -0.2) is 23.0 Å². The van der Waals surface area contributed by atoms with Gasteiger partial charge in [-0.3, -0.25) is 9.59 Å². The summed E-state index contributed by atoms with van der Waals surface area (Å²) in [6.07, 6.45) is 6.52. The molecule has 1 heterocycles. The van der Waals surface area contributed by atoms with Gasteiger partial charge in [-0.1, -0.05) is 37.8 Å². The van der Waals surface area contributed by atoms with E-state index in [0.717, 1.165) is 49.6 Å². The highest BCUT2D eigenvalue weighted by molar-refractivity contribution is 5.96. The SMILES string of the molecule is CCCC(NC(=O)Cc1cc(F)cc(F)c1)C(=O)Nc1cc(C2CCCCC2)on1. The van der Waals surface area contributed by atoms with Crippen LogP contribution in [0.25, 0.3) is 0 Å². The Labute approximate surface area is 174 Å². The van der Waals surface area contributed by atoms with Crippen LogP contribution in [0, 0.1) is 11.6 Å². The van der Waals surface area contributed by atoms with Gasteiger partial charge in [-0.25, -0.2) is 8.78 Å². The predicted molar refractivity (Wildman–Crippen MR) is 108 cm³/mol. The van der Waals surface area contributed by atoms with Gasteiger partial charge in [0.25, 0.3) is 0 Å². The van der Waals surface area contributed by atoms with Gasteiger partial charge in [0.05, 0.1) is 6.42 Å². The summed E-state index contributed by atoms with van der Waals surface area (Å²) < 4.78 is 32.0. The van der Waals surface area contributed by atoms with Gasteiger partial charge in [0.2, 0.25) is 11.8 Å². The van der Waals surface area contributed by atoms with Crippen molar-refractivity contribution < 1.29 is 22.9 Å². The van der Waals surface area contributed by atoms with E-state index in [9.17, 15) is 18.4 Å². The highest BCUT2D eigenvalue weighted by atomic mass is 19.1. The molecule has 1 aromatic heterocycles. The summed E-state index contributed by atoms with van der Waals surface area (Å²) in [5.74, 6) is -0.969. The smallest absolute Gasteiger partial charge is 0.248 e. The molecule has 2 N–H and O–H groups in total. The lowest BCUT2D eigenvalue weighted by Gasteiger charge is -2.18. The van der Waals surface area contributed by atoms with Gasteiger partial charge < -0.3 is 15.2 Å². The fourth-order valence-corrected chi connectivity index (χ4v) is 3.84. The Balaban J connectivity index is 1.58. The van der Waals surface area contributed by atoms with Crippen molar-refractivity contribution >= 4 is 17.6 Å². The second kappa shape index (κ2) is 10.3. The van der Waals surface area contributed by atoms with E-state index in [0.29, 0.717) is 24.6 Å². The molecule has 0 radical (unpaired) electrons. The van der Waals surface area contributed by atoms with E-state index in [1.807, 2.05) is 6.92 Å². The molecule has 8 heteroatoms. The Hall–Kier alpha value is -2.77. The summed E-state index contributed by atoms with van der Waals surface area (Å²) in [4.78, 5) is 25.0. The minimum absolute atomic E-state index is 0.203. The zero-order valence-corrected chi connectivity index (χ0v) is 17.0. The number of amides is 2. The number of nitrogens with one attached hydrogen (secondary N) is 2. The van der Waals surface area contributed by atoms with Crippen LogP contribution in [0.2, 0.25) is 0 Å². The Morgan fingerprint density at radius 1 is 1.13 bits per heavy atom. The van der Waals surface area contributed by atoms with Gasteiger partial charge in [0, 0.05) is 18.1 Å². The number of aromatic nitrogens is 1. The predicted octanol–water partition coefficient (Wildman–Crippen LogP) is 4.47. The molecule has 0 spiro atoms. The summed E-state index contributed by atoms with van der Waals surface area (Å²) in [7, 11) is 0. The number of halogens is 2. The molecule has 1 aliphatic rings. The second-order valence-electron chi connectivity index (χ2n) is 7.80. The number of hydrogen-bond donors (Lipinski definition) is 2. The standard InChI is InChI=1S/C22H27F2N3O3/c1-2-6-18(25-21(28)11-14-9-16(23)12-17(24)10-14)22(29)26-20-13-19(30-27-20)15-7-4-3-5-8-15/h9-10,12-13,15,18H,2-8,11H2,1H3,(H,25,28)(H,26,27,29). The van der Waals surface area contributed by atoms with E-state index in [4.69, 9.17) is 4.52 Å². The van der Waals surface area contributed by atoms with Gasteiger partial charge in [-0.05, 0) is 37.0 Å². The number of rotatable bonds is 8. The van der Waals surface area contributed by atoms with Crippen molar-refractivity contribution in [2.24, 2.45) is 0 Å². The number of carbonyl (C=O) groups excluding carboxylic acids is 2. The van der Waals surface area contributed by atoms with Crippen LogP contribution in [0.1, 0.15) is 69.1 Å².